The summed E-state index contributed by atoms with van der Waals surface area (Å²) in [4.78, 5) is 29.9. The second-order valence-electron chi connectivity index (χ2n) is 9.71. The predicted molar refractivity (Wildman–Crippen MR) is 117 cm³/mol. The molecule has 4 aliphatic carbocycles. The lowest BCUT2D eigenvalue weighted by atomic mass is 9.49. The minimum Gasteiger partial charge on any atom is -0.308 e. The fourth-order valence-corrected chi connectivity index (χ4v) is 8.81. The van der Waals surface area contributed by atoms with Crippen molar-refractivity contribution in [3.63, 3.8) is 0 Å². The maximum Gasteiger partial charge on any atom is 0.299 e. The van der Waals surface area contributed by atoms with Gasteiger partial charge in [-0.2, -0.15) is 0 Å². The molecule has 9 heteroatoms. The summed E-state index contributed by atoms with van der Waals surface area (Å²) in [5, 5.41) is 2.37. The molecule has 2 heterocycles. The van der Waals surface area contributed by atoms with Crippen LogP contribution in [0.1, 0.15) is 54.6 Å². The van der Waals surface area contributed by atoms with Crippen molar-refractivity contribution >= 4 is 43.9 Å². The number of benzene rings is 1. The number of amides is 1. The van der Waals surface area contributed by atoms with Crippen molar-refractivity contribution in [3.05, 3.63) is 34.8 Å². The van der Waals surface area contributed by atoms with Gasteiger partial charge in [0.25, 0.3) is 21.7 Å². The van der Waals surface area contributed by atoms with Gasteiger partial charge >= 0.3 is 0 Å². The Balaban J connectivity index is 1.27. The third-order valence-electron chi connectivity index (χ3n) is 7.69. The van der Waals surface area contributed by atoms with Gasteiger partial charge in [0.05, 0.1) is 21.8 Å². The van der Waals surface area contributed by atoms with Gasteiger partial charge in [-0.15, -0.1) is 11.3 Å². The van der Waals surface area contributed by atoms with Crippen LogP contribution in [-0.4, -0.2) is 32.1 Å². The summed E-state index contributed by atoms with van der Waals surface area (Å²) in [6.45, 7) is 0. The number of nitrogens with zero attached hydrogens (tertiary/aromatic N) is 2. The number of ketones is 1. The molecule has 2 aromatic rings. The van der Waals surface area contributed by atoms with Crippen molar-refractivity contribution < 1.29 is 18.0 Å². The second kappa shape index (κ2) is 6.38. The lowest BCUT2D eigenvalue weighted by molar-refractivity contribution is -0.114. The zero-order valence-electron chi connectivity index (χ0n) is 17.1. The maximum absolute atomic E-state index is 13.0. The molecule has 1 aromatic carbocycles. The number of Topliss-reactive ketones (excluding diaryl/α,β-unsaturated/α-hetero) is 1. The van der Waals surface area contributed by atoms with Crippen LogP contribution in [0.4, 0.5) is 10.8 Å². The summed E-state index contributed by atoms with van der Waals surface area (Å²) in [7, 11) is -2.42. The Morgan fingerprint density at radius 3 is 2.39 bits per heavy atom. The monoisotopic (exact) mass is 457 g/mol. The van der Waals surface area contributed by atoms with Gasteiger partial charge in [-0.25, -0.2) is 13.4 Å². The number of hydrogen-bond donors (Lipinski definition) is 1. The third kappa shape index (κ3) is 2.89. The van der Waals surface area contributed by atoms with Crippen molar-refractivity contribution in [2.24, 2.45) is 17.8 Å². The average Bonchev–Trinajstić information content (AvgIpc) is 3.26. The molecule has 31 heavy (non-hydrogen) atoms. The van der Waals surface area contributed by atoms with E-state index in [4.69, 9.17) is 4.98 Å². The number of rotatable bonds is 4. The number of fused-ring (bicyclic) bond motifs is 1. The highest BCUT2D eigenvalue weighted by Gasteiger charge is 2.52. The van der Waals surface area contributed by atoms with Crippen LogP contribution in [0.3, 0.4) is 0 Å². The number of thiazole rings is 1. The molecule has 4 bridgehead atoms. The predicted octanol–water partition coefficient (Wildman–Crippen LogP) is 3.57. The molecule has 5 aliphatic rings. The van der Waals surface area contributed by atoms with E-state index >= 15 is 0 Å². The van der Waals surface area contributed by atoms with Crippen LogP contribution in [-0.2, 0) is 20.2 Å². The first-order chi connectivity index (χ1) is 14.7. The molecular weight excluding hydrogens is 434 g/mol. The van der Waals surface area contributed by atoms with Crippen LogP contribution in [0.25, 0.3) is 0 Å². The Bertz CT molecular complexity index is 1200. The van der Waals surface area contributed by atoms with Crippen molar-refractivity contribution in [2.75, 3.05) is 16.7 Å². The van der Waals surface area contributed by atoms with Crippen molar-refractivity contribution in [1.82, 2.24) is 4.98 Å². The highest BCUT2D eigenvalue weighted by Crippen LogP contribution is 2.60. The lowest BCUT2D eigenvalue weighted by Gasteiger charge is -2.56. The molecule has 0 spiro atoms. The Morgan fingerprint density at radius 2 is 1.74 bits per heavy atom. The minimum atomic E-state index is -3.92. The molecule has 0 unspecified atom stereocenters. The van der Waals surface area contributed by atoms with Gasteiger partial charge in [0.1, 0.15) is 0 Å². The standard InChI is InChI=1S/C22H23N3O4S2/c1-25-17-3-2-15(7-16(17)19(26)20(25)27)31(28,29)24-21-23-18(11-30-21)22-8-12-4-13(9-22)6-14(5-12)10-22/h2-3,7,11-14H,4-6,8-10H2,1H3,(H,23,24). The third-order valence-corrected chi connectivity index (χ3v) is 9.91. The number of aromatic nitrogens is 1. The van der Waals surface area contributed by atoms with Crippen LogP contribution in [0.15, 0.2) is 28.5 Å². The summed E-state index contributed by atoms with van der Waals surface area (Å²) in [6, 6.07) is 4.18. The first kappa shape index (κ1) is 19.4. The second-order valence-corrected chi connectivity index (χ2v) is 12.3. The summed E-state index contributed by atoms with van der Waals surface area (Å²) in [5.41, 5.74) is 1.68. The topological polar surface area (TPSA) is 96.4 Å². The molecule has 0 saturated heterocycles. The number of hydrogen-bond acceptors (Lipinski definition) is 6. The Labute approximate surface area is 184 Å². The first-order valence-electron chi connectivity index (χ1n) is 10.7. The molecule has 4 saturated carbocycles. The molecule has 1 N–H and O–H groups in total. The van der Waals surface area contributed by atoms with E-state index in [9.17, 15) is 18.0 Å². The van der Waals surface area contributed by atoms with E-state index in [0.29, 0.717) is 10.8 Å². The van der Waals surface area contributed by atoms with Crippen LogP contribution < -0.4 is 9.62 Å². The number of carbonyl (C=O) groups is 2. The van der Waals surface area contributed by atoms with E-state index in [1.807, 2.05) is 5.38 Å². The zero-order chi connectivity index (χ0) is 21.5. The fourth-order valence-electron chi connectivity index (χ4n) is 6.70. The van der Waals surface area contributed by atoms with Crippen molar-refractivity contribution in [3.8, 4) is 0 Å². The van der Waals surface area contributed by atoms with Gasteiger partial charge in [-0.3, -0.25) is 14.3 Å². The molecule has 1 amide bonds. The summed E-state index contributed by atoms with van der Waals surface area (Å²) >= 11 is 1.32. The van der Waals surface area contributed by atoms with Gasteiger partial charge in [0, 0.05) is 17.8 Å². The molecular formula is C22H23N3O4S2. The van der Waals surface area contributed by atoms with E-state index in [-0.39, 0.29) is 15.9 Å². The molecule has 4 fully saturated rings. The number of carbonyl (C=O) groups excluding carboxylic acids is 2. The van der Waals surface area contributed by atoms with Gasteiger partial charge in [0.15, 0.2) is 5.13 Å². The highest BCUT2D eigenvalue weighted by molar-refractivity contribution is 7.93. The normalized spacial score (nSPS) is 31.4. The average molecular weight is 458 g/mol. The molecule has 7 nitrogen and oxygen atoms in total. The lowest BCUT2D eigenvalue weighted by Crippen LogP contribution is -2.48. The van der Waals surface area contributed by atoms with E-state index in [1.54, 1.807) is 0 Å². The van der Waals surface area contributed by atoms with Gasteiger partial charge < -0.3 is 4.90 Å². The minimum absolute atomic E-state index is 0.0470. The molecule has 162 valence electrons. The Hall–Kier alpha value is -2.26. The quantitative estimate of drug-likeness (QED) is 0.708. The van der Waals surface area contributed by atoms with Gasteiger partial charge in [0.2, 0.25) is 0 Å². The van der Waals surface area contributed by atoms with Crippen molar-refractivity contribution in [2.45, 2.75) is 48.8 Å². The number of nitrogens with one attached hydrogen (secondary N) is 1. The Kier molecular flexibility index (Phi) is 4.00. The maximum atomic E-state index is 13.0. The number of anilines is 2. The smallest absolute Gasteiger partial charge is 0.299 e. The summed E-state index contributed by atoms with van der Waals surface area (Å²) < 4.78 is 28.5. The number of likely N-dealkylation sites (N-methyl/N-ethyl adjacent to an activating group) is 1. The van der Waals surface area contributed by atoms with E-state index in [1.165, 1.54) is 80.0 Å². The number of sulfonamides is 1. The van der Waals surface area contributed by atoms with Gasteiger partial charge in [-0.1, -0.05) is 0 Å². The van der Waals surface area contributed by atoms with Crippen LogP contribution >= 0.6 is 11.3 Å². The largest absolute Gasteiger partial charge is 0.308 e. The molecule has 7 rings (SSSR count). The zero-order valence-corrected chi connectivity index (χ0v) is 18.8. The van der Waals surface area contributed by atoms with E-state index in [0.717, 1.165) is 23.4 Å². The van der Waals surface area contributed by atoms with Crippen molar-refractivity contribution in [1.29, 1.82) is 0 Å². The van der Waals surface area contributed by atoms with Crippen LogP contribution in [0, 0.1) is 17.8 Å². The molecule has 0 atom stereocenters. The van der Waals surface area contributed by atoms with Crippen LogP contribution in [0.5, 0.6) is 0 Å². The molecule has 1 aliphatic heterocycles. The van der Waals surface area contributed by atoms with E-state index in [2.05, 4.69) is 4.72 Å². The SMILES string of the molecule is CN1C(=O)C(=O)c2cc(S(=O)(=O)Nc3nc(C45CC6CC(CC(C6)C4)C5)cs3)ccc21. The van der Waals surface area contributed by atoms with Crippen LogP contribution in [0.2, 0.25) is 0 Å². The summed E-state index contributed by atoms with van der Waals surface area (Å²) in [5.74, 6) is 1.03. The highest BCUT2D eigenvalue weighted by atomic mass is 32.2. The van der Waals surface area contributed by atoms with E-state index < -0.39 is 21.7 Å². The molecule has 0 radical (unpaired) electrons. The summed E-state index contributed by atoms with van der Waals surface area (Å²) in [6.07, 6.45) is 7.54. The first-order valence-corrected chi connectivity index (χ1v) is 13.1. The molecule has 1 aromatic heterocycles. The fraction of sp³-hybridized carbons (Fsp3) is 0.500. The Morgan fingerprint density at radius 1 is 1.10 bits per heavy atom. The van der Waals surface area contributed by atoms with Gasteiger partial charge in [-0.05, 0) is 74.5 Å².